The molecular weight excluding hydrogens is 430 g/mol. The highest BCUT2D eigenvalue weighted by molar-refractivity contribution is 5.81. The maximum absolute atomic E-state index is 12.3. The van der Waals surface area contributed by atoms with Gasteiger partial charge in [0.05, 0.1) is 18.6 Å². The molecule has 1 aliphatic rings. The lowest BCUT2D eigenvalue weighted by atomic mass is 10.1. The van der Waals surface area contributed by atoms with Gasteiger partial charge in [-0.15, -0.1) is 0 Å². The summed E-state index contributed by atoms with van der Waals surface area (Å²) in [5.74, 6) is -2.10. The summed E-state index contributed by atoms with van der Waals surface area (Å²) in [6.45, 7) is 1.22. The minimum atomic E-state index is -0.961. The van der Waals surface area contributed by atoms with E-state index in [2.05, 4.69) is 15.0 Å². The number of ketones is 1. The summed E-state index contributed by atoms with van der Waals surface area (Å²) in [6, 6.07) is 0. The molecule has 2 heterocycles. The van der Waals surface area contributed by atoms with Crippen LogP contribution in [0, 0.1) is 0 Å². The van der Waals surface area contributed by atoms with E-state index >= 15 is 0 Å². The lowest BCUT2D eigenvalue weighted by molar-refractivity contribution is -0.153. The van der Waals surface area contributed by atoms with E-state index in [0.29, 0.717) is 0 Å². The smallest absolute Gasteiger partial charge is 0.330 e. The molecule has 3 atom stereocenters. The minimum Gasteiger partial charge on any atom is -0.459 e. The Labute approximate surface area is 181 Å². The van der Waals surface area contributed by atoms with Gasteiger partial charge in [-0.05, 0) is 6.92 Å². The van der Waals surface area contributed by atoms with Gasteiger partial charge in [0.15, 0.2) is 6.61 Å². The maximum Gasteiger partial charge on any atom is 0.330 e. The first kappa shape index (κ1) is 24.9. The quantitative estimate of drug-likeness (QED) is 0.343. The summed E-state index contributed by atoms with van der Waals surface area (Å²) in [5.41, 5.74) is -1.51. The molecule has 2 rings (SSSR count). The van der Waals surface area contributed by atoms with Crippen LogP contribution in [-0.2, 0) is 39.9 Å². The van der Waals surface area contributed by atoms with Crippen molar-refractivity contribution in [3.63, 3.8) is 0 Å². The number of carbonyl (C=O) groups is 4. The van der Waals surface area contributed by atoms with Crippen LogP contribution >= 0.6 is 0 Å². The Hall–Kier alpha value is -3.32. The van der Waals surface area contributed by atoms with Crippen molar-refractivity contribution >= 4 is 23.6 Å². The number of Topliss-reactive ketones (excluding diaryl/α,β-unsaturated/α-hetero) is 1. The monoisotopic (exact) mass is 455 g/mol. The first-order chi connectivity index (χ1) is 15.1. The Kier molecular flexibility index (Phi) is 8.84. The number of aromatic nitrogens is 2. The molecule has 1 fully saturated rings. The Balaban J connectivity index is 2.09. The number of carbonyl (C=O) groups excluding carboxylic acids is 4. The fourth-order valence-electron chi connectivity index (χ4n) is 2.94. The van der Waals surface area contributed by atoms with Gasteiger partial charge in [0.2, 0.25) is 0 Å². The predicted octanol–water partition coefficient (Wildman–Crippen LogP) is -1.72. The highest BCUT2D eigenvalue weighted by Gasteiger charge is 2.39. The van der Waals surface area contributed by atoms with Crippen molar-refractivity contribution in [2.24, 2.45) is 0 Å². The van der Waals surface area contributed by atoms with E-state index in [0.717, 1.165) is 11.5 Å². The lowest BCUT2D eigenvalue weighted by Crippen LogP contribution is -2.37. The van der Waals surface area contributed by atoms with Crippen LogP contribution in [0.15, 0.2) is 15.8 Å². The van der Waals surface area contributed by atoms with Crippen molar-refractivity contribution in [2.45, 2.75) is 58.1 Å². The second kappa shape index (κ2) is 11.3. The Morgan fingerprint density at radius 3 is 2.59 bits per heavy atom. The van der Waals surface area contributed by atoms with Crippen molar-refractivity contribution in [2.75, 3.05) is 13.2 Å². The van der Waals surface area contributed by atoms with Gasteiger partial charge in [-0.2, -0.15) is 0 Å². The summed E-state index contributed by atoms with van der Waals surface area (Å²) >= 11 is 0. The number of H-pyrrole nitrogens is 1. The number of hydrogen-bond donors (Lipinski definition) is 3. The molecule has 3 N–H and O–H groups in total. The summed E-state index contributed by atoms with van der Waals surface area (Å²) in [7, 11) is 0. The van der Waals surface area contributed by atoms with Gasteiger partial charge in [0.1, 0.15) is 24.2 Å². The Morgan fingerprint density at radius 2 is 1.97 bits per heavy atom. The fraction of sp³-hybridized carbons (Fsp3) is 0.579. The molecule has 0 spiro atoms. The van der Waals surface area contributed by atoms with Gasteiger partial charge >= 0.3 is 17.6 Å². The van der Waals surface area contributed by atoms with Crippen LogP contribution < -0.4 is 16.6 Å². The molecule has 0 aliphatic carbocycles. The third-order valence-corrected chi connectivity index (χ3v) is 4.56. The van der Waals surface area contributed by atoms with Crippen LogP contribution in [0.3, 0.4) is 0 Å². The standard InChI is InChI=1S/C19H25N3O10/c1-10(24)3-4-17(27)32-13-5-16(31-14(13)8-23)22-7-12(18(28)21-19(22)29)6-20-15(26)9-30-11(2)25/h7,13-14,16,23H,3-6,8-9H2,1-2H3,(H,20,26)(H,21,28,29)/t13?,14-,16-/m1/s1. The molecule has 176 valence electrons. The van der Waals surface area contributed by atoms with Crippen LogP contribution in [0.1, 0.15) is 44.9 Å². The van der Waals surface area contributed by atoms with Crippen LogP contribution in [-0.4, -0.2) is 63.7 Å². The second-order valence-corrected chi connectivity index (χ2v) is 7.16. The van der Waals surface area contributed by atoms with Crippen LogP contribution in [0.5, 0.6) is 0 Å². The van der Waals surface area contributed by atoms with Gasteiger partial charge in [-0.3, -0.25) is 28.7 Å². The summed E-state index contributed by atoms with van der Waals surface area (Å²) < 4.78 is 16.5. The number of nitrogens with one attached hydrogen (secondary N) is 2. The number of esters is 2. The van der Waals surface area contributed by atoms with Crippen molar-refractivity contribution in [1.29, 1.82) is 0 Å². The average Bonchev–Trinajstić information content (AvgIpc) is 3.12. The van der Waals surface area contributed by atoms with E-state index in [1.807, 2.05) is 0 Å². The van der Waals surface area contributed by atoms with E-state index in [9.17, 15) is 33.9 Å². The largest absolute Gasteiger partial charge is 0.459 e. The number of aromatic amines is 1. The molecule has 0 bridgehead atoms. The zero-order valence-electron chi connectivity index (χ0n) is 17.6. The normalized spacial score (nSPS) is 19.9. The van der Waals surface area contributed by atoms with Crippen LogP contribution in [0.25, 0.3) is 0 Å². The van der Waals surface area contributed by atoms with E-state index in [1.54, 1.807) is 0 Å². The molecule has 13 nitrogen and oxygen atoms in total. The van der Waals surface area contributed by atoms with Crippen molar-refractivity contribution in [3.05, 3.63) is 32.6 Å². The van der Waals surface area contributed by atoms with Gasteiger partial charge in [-0.25, -0.2) is 4.79 Å². The molecular formula is C19H25N3O10. The lowest BCUT2D eigenvalue weighted by Gasteiger charge is -2.16. The molecule has 13 heteroatoms. The maximum atomic E-state index is 12.3. The van der Waals surface area contributed by atoms with Crippen molar-refractivity contribution < 1.29 is 38.5 Å². The minimum absolute atomic E-state index is 0.0151. The number of hydrogen-bond acceptors (Lipinski definition) is 10. The molecule has 1 amide bonds. The molecule has 0 saturated carbocycles. The SMILES string of the molecule is CC(=O)CCC(=O)OC1C[C@H](n2cc(CNC(=O)COC(C)=O)c(=O)[nH]c2=O)O[C@@H]1CO. The van der Waals surface area contributed by atoms with E-state index < -0.39 is 60.7 Å². The molecule has 1 aromatic heterocycles. The van der Waals surface area contributed by atoms with Gasteiger partial charge in [0.25, 0.3) is 11.5 Å². The zero-order chi connectivity index (χ0) is 23.8. The third-order valence-electron chi connectivity index (χ3n) is 4.56. The molecule has 1 unspecified atom stereocenters. The number of aliphatic hydroxyl groups is 1. The molecule has 0 aromatic carbocycles. The number of rotatable bonds is 10. The number of ether oxygens (including phenoxy) is 3. The molecule has 1 aliphatic heterocycles. The molecule has 32 heavy (non-hydrogen) atoms. The van der Waals surface area contributed by atoms with Crippen molar-refractivity contribution in [1.82, 2.24) is 14.9 Å². The highest BCUT2D eigenvalue weighted by atomic mass is 16.6. The van der Waals surface area contributed by atoms with Gasteiger partial charge < -0.3 is 29.4 Å². The molecule has 1 saturated heterocycles. The number of nitrogens with zero attached hydrogens (tertiary/aromatic N) is 1. The average molecular weight is 455 g/mol. The molecule has 0 radical (unpaired) electrons. The van der Waals surface area contributed by atoms with Crippen molar-refractivity contribution in [3.8, 4) is 0 Å². The summed E-state index contributed by atoms with van der Waals surface area (Å²) in [4.78, 5) is 71.8. The summed E-state index contributed by atoms with van der Waals surface area (Å²) in [5, 5.41) is 11.9. The summed E-state index contributed by atoms with van der Waals surface area (Å²) in [6.07, 6.45) is -1.64. The van der Waals surface area contributed by atoms with Gasteiger partial charge in [-0.1, -0.05) is 0 Å². The number of amides is 1. The van der Waals surface area contributed by atoms with E-state index in [-0.39, 0.29) is 37.2 Å². The van der Waals surface area contributed by atoms with Gasteiger partial charge in [0, 0.05) is 32.5 Å². The number of aliphatic hydroxyl groups excluding tert-OH is 1. The zero-order valence-corrected chi connectivity index (χ0v) is 17.6. The predicted molar refractivity (Wildman–Crippen MR) is 105 cm³/mol. The second-order valence-electron chi connectivity index (χ2n) is 7.16. The van der Waals surface area contributed by atoms with Crippen LogP contribution in [0.4, 0.5) is 0 Å². The Morgan fingerprint density at radius 1 is 1.25 bits per heavy atom. The first-order valence-electron chi connectivity index (χ1n) is 9.80. The van der Waals surface area contributed by atoms with E-state index in [1.165, 1.54) is 13.1 Å². The highest BCUT2D eigenvalue weighted by Crippen LogP contribution is 2.30. The first-order valence-corrected chi connectivity index (χ1v) is 9.80. The van der Waals surface area contributed by atoms with Crippen LogP contribution in [0.2, 0.25) is 0 Å². The third kappa shape index (κ3) is 7.13. The Bertz CT molecular complexity index is 982. The van der Waals surface area contributed by atoms with E-state index in [4.69, 9.17) is 9.47 Å². The molecule has 1 aromatic rings. The topological polar surface area (TPSA) is 183 Å². The fourth-order valence-corrected chi connectivity index (χ4v) is 2.94.